The van der Waals surface area contributed by atoms with Gasteiger partial charge >= 0.3 is 5.97 Å². The predicted octanol–water partition coefficient (Wildman–Crippen LogP) is 0.0517. The molecule has 2 amide bonds. The number of sulfone groups is 1. The standard InChI is InChI=1S/C18H24N2O7S/c1-3-26-14-7-5-4-6-13(14)17(23)19-10-16(22)27-11-15(21)20-18(2)8-9-28(24,25)12-18/h4-7H,3,8-12H2,1-2H3,(H,19,23)(H,20,21)/t18-/m1/s1. The molecule has 1 aliphatic heterocycles. The van der Waals surface area contributed by atoms with E-state index in [1.165, 1.54) is 0 Å². The highest BCUT2D eigenvalue weighted by Gasteiger charge is 2.39. The molecule has 9 nitrogen and oxygen atoms in total. The molecule has 28 heavy (non-hydrogen) atoms. The third-order valence-electron chi connectivity index (χ3n) is 4.13. The summed E-state index contributed by atoms with van der Waals surface area (Å²) < 4.78 is 33.3. The van der Waals surface area contributed by atoms with Gasteiger partial charge in [0.2, 0.25) is 0 Å². The molecule has 1 aromatic carbocycles. The topological polar surface area (TPSA) is 128 Å². The van der Waals surface area contributed by atoms with E-state index in [1.807, 2.05) is 0 Å². The van der Waals surface area contributed by atoms with Crippen LogP contribution in [0.5, 0.6) is 5.75 Å². The predicted molar refractivity (Wildman–Crippen MR) is 101 cm³/mol. The molecule has 1 saturated heterocycles. The highest BCUT2D eigenvalue weighted by Crippen LogP contribution is 2.22. The van der Waals surface area contributed by atoms with E-state index >= 15 is 0 Å². The molecule has 1 fully saturated rings. The van der Waals surface area contributed by atoms with Gasteiger partial charge in [0, 0.05) is 0 Å². The van der Waals surface area contributed by atoms with Crippen LogP contribution in [0.2, 0.25) is 0 Å². The molecule has 2 rings (SSSR count). The number of para-hydroxylation sites is 1. The number of benzene rings is 1. The normalized spacial score (nSPS) is 20.2. The zero-order valence-electron chi connectivity index (χ0n) is 15.8. The number of amides is 2. The van der Waals surface area contributed by atoms with E-state index in [-0.39, 0.29) is 17.1 Å². The van der Waals surface area contributed by atoms with Gasteiger partial charge < -0.3 is 20.1 Å². The van der Waals surface area contributed by atoms with E-state index in [1.54, 1.807) is 38.1 Å². The van der Waals surface area contributed by atoms with Crippen molar-refractivity contribution in [1.29, 1.82) is 0 Å². The second kappa shape index (κ2) is 9.05. The monoisotopic (exact) mass is 412 g/mol. The van der Waals surface area contributed by atoms with Crippen molar-refractivity contribution in [1.82, 2.24) is 10.6 Å². The van der Waals surface area contributed by atoms with Crippen LogP contribution in [-0.2, 0) is 24.2 Å². The van der Waals surface area contributed by atoms with Crippen molar-refractivity contribution in [2.24, 2.45) is 0 Å². The Balaban J connectivity index is 1.77. The Labute approximate surface area is 163 Å². The smallest absolute Gasteiger partial charge is 0.325 e. The average Bonchev–Trinajstić information content (AvgIpc) is 2.91. The second-order valence-electron chi connectivity index (χ2n) is 6.72. The van der Waals surface area contributed by atoms with Crippen LogP contribution in [-0.4, -0.2) is 63.0 Å². The molecule has 154 valence electrons. The number of nitrogens with one attached hydrogen (secondary N) is 2. The molecule has 2 N–H and O–H groups in total. The number of esters is 1. The van der Waals surface area contributed by atoms with Crippen molar-refractivity contribution in [2.45, 2.75) is 25.8 Å². The molecule has 0 bridgehead atoms. The van der Waals surface area contributed by atoms with Gasteiger partial charge in [-0.05, 0) is 32.4 Å². The molecule has 1 heterocycles. The van der Waals surface area contributed by atoms with Crippen molar-refractivity contribution in [2.75, 3.05) is 31.3 Å². The zero-order valence-corrected chi connectivity index (χ0v) is 16.6. The van der Waals surface area contributed by atoms with Gasteiger partial charge in [0.25, 0.3) is 11.8 Å². The van der Waals surface area contributed by atoms with Gasteiger partial charge in [-0.25, -0.2) is 8.42 Å². The Bertz CT molecular complexity index is 853. The van der Waals surface area contributed by atoms with Gasteiger partial charge in [-0.2, -0.15) is 0 Å². The fraction of sp³-hybridized carbons (Fsp3) is 0.500. The first-order valence-corrected chi connectivity index (χ1v) is 10.6. The summed E-state index contributed by atoms with van der Waals surface area (Å²) in [5, 5.41) is 4.99. The first-order chi connectivity index (χ1) is 13.1. The van der Waals surface area contributed by atoms with Crippen LogP contribution in [0.25, 0.3) is 0 Å². The summed E-state index contributed by atoms with van der Waals surface area (Å²) in [5.74, 6) is -1.62. The Kier molecular flexibility index (Phi) is 7.00. The van der Waals surface area contributed by atoms with Crippen LogP contribution in [0.1, 0.15) is 30.6 Å². The number of rotatable bonds is 8. The molecule has 1 atom stereocenters. The van der Waals surface area contributed by atoms with Crippen LogP contribution in [0.15, 0.2) is 24.3 Å². The van der Waals surface area contributed by atoms with Crippen molar-refractivity contribution in [3.63, 3.8) is 0 Å². The fourth-order valence-corrected chi connectivity index (χ4v) is 4.96. The molecular weight excluding hydrogens is 388 g/mol. The summed E-state index contributed by atoms with van der Waals surface area (Å²) in [6.07, 6.45) is 0.310. The van der Waals surface area contributed by atoms with Gasteiger partial charge in [-0.3, -0.25) is 14.4 Å². The lowest BCUT2D eigenvalue weighted by Gasteiger charge is -2.23. The van der Waals surface area contributed by atoms with E-state index in [2.05, 4.69) is 10.6 Å². The highest BCUT2D eigenvalue weighted by atomic mass is 32.2. The summed E-state index contributed by atoms with van der Waals surface area (Å²) in [6, 6.07) is 6.61. The van der Waals surface area contributed by atoms with Gasteiger partial charge in [0.05, 0.1) is 29.2 Å². The Morgan fingerprint density at radius 3 is 2.57 bits per heavy atom. The third-order valence-corrected chi connectivity index (χ3v) is 6.04. The average molecular weight is 412 g/mol. The minimum atomic E-state index is -3.16. The van der Waals surface area contributed by atoms with Gasteiger partial charge in [-0.15, -0.1) is 0 Å². The summed E-state index contributed by atoms with van der Waals surface area (Å²) in [7, 11) is -3.16. The Hall–Kier alpha value is -2.62. The summed E-state index contributed by atoms with van der Waals surface area (Å²) in [6.45, 7) is 2.84. The highest BCUT2D eigenvalue weighted by molar-refractivity contribution is 7.91. The molecular formula is C18H24N2O7S. The molecule has 0 unspecified atom stereocenters. The number of carbonyl (C=O) groups excluding carboxylic acids is 3. The minimum absolute atomic E-state index is 0.0127. The molecule has 0 aliphatic carbocycles. The van der Waals surface area contributed by atoms with Crippen molar-refractivity contribution in [3.05, 3.63) is 29.8 Å². The maximum Gasteiger partial charge on any atom is 0.325 e. The van der Waals surface area contributed by atoms with Gasteiger partial charge in [-0.1, -0.05) is 12.1 Å². The van der Waals surface area contributed by atoms with E-state index in [4.69, 9.17) is 9.47 Å². The Morgan fingerprint density at radius 2 is 1.93 bits per heavy atom. The van der Waals surface area contributed by atoms with Crippen LogP contribution < -0.4 is 15.4 Å². The maximum atomic E-state index is 12.2. The quantitative estimate of drug-likeness (QED) is 0.578. The van der Waals surface area contributed by atoms with Crippen molar-refractivity contribution in [3.8, 4) is 5.75 Å². The molecule has 10 heteroatoms. The van der Waals surface area contributed by atoms with E-state index in [0.717, 1.165) is 0 Å². The molecule has 1 aromatic rings. The number of hydrogen-bond donors (Lipinski definition) is 2. The van der Waals surface area contributed by atoms with Crippen LogP contribution in [0.4, 0.5) is 0 Å². The lowest BCUT2D eigenvalue weighted by atomic mass is 10.0. The second-order valence-corrected chi connectivity index (χ2v) is 8.91. The van der Waals surface area contributed by atoms with Gasteiger partial charge in [0.15, 0.2) is 16.4 Å². The van der Waals surface area contributed by atoms with Crippen molar-refractivity contribution < 1.29 is 32.3 Å². The minimum Gasteiger partial charge on any atom is -0.493 e. The van der Waals surface area contributed by atoms with E-state index < -0.39 is 46.3 Å². The van der Waals surface area contributed by atoms with Crippen LogP contribution in [0, 0.1) is 0 Å². The Morgan fingerprint density at radius 1 is 1.21 bits per heavy atom. The SMILES string of the molecule is CCOc1ccccc1C(=O)NCC(=O)OCC(=O)N[C@]1(C)CCS(=O)(=O)C1. The summed E-state index contributed by atoms with van der Waals surface area (Å²) in [4.78, 5) is 35.9. The first-order valence-electron chi connectivity index (χ1n) is 8.81. The van der Waals surface area contributed by atoms with Crippen molar-refractivity contribution >= 4 is 27.6 Å². The largest absolute Gasteiger partial charge is 0.493 e. The molecule has 0 radical (unpaired) electrons. The third kappa shape index (κ3) is 6.22. The maximum absolute atomic E-state index is 12.2. The molecule has 1 aliphatic rings. The summed E-state index contributed by atoms with van der Waals surface area (Å²) >= 11 is 0. The van der Waals surface area contributed by atoms with Gasteiger partial charge in [0.1, 0.15) is 12.3 Å². The fourth-order valence-electron chi connectivity index (χ4n) is 2.86. The van der Waals surface area contributed by atoms with Crippen LogP contribution in [0.3, 0.4) is 0 Å². The zero-order chi connectivity index (χ0) is 20.8. The molecule has 0 aromatic heterocycles. The van der Waals surface area contributed by atoms with E-state index in [9.17, 15) is 22.8 Å². The lowest BCUT2D eigenvalue weighted by molar-refractivity contribution is -0.147. The molecule has 0 saturated carbocycles. The number of carbonyl (C=O) groups is 3. The number of ether oxygens (including phenoxy) is 2. The molecule has 0 spiro atoms. The first kappa shape index (κ1) is 21.7. The summed E-state index contributed by atoms with van der Waals surface area (Å²) in [5.41, 5.74) is -0.579. The number of hydrogen-bond acceptors (Lipinski definition) is 7. The lowest BCUT2D eigenvalue weighted by Crippen LogP contribution is -2.48. The van der Waals surface area contributed by atoms with Crippen LogP contribution >= 0.6 is 0 Å². The van der Waals surface area contributed by atoms with E-state index in [0.29, 0.717) is 18.8 Å².